The predicted octanol–water partition coefficient (Wildman–Crippen LogP) is 3.26. The number of carbonyl (C=O) groups excluding carboxylic acids is 1. The Labute approximate surface area is 121 Å². The van der Waals surface area contributed by atoms with E-state index in [9.17, 15) is 4.79 Å². The highest BCUT2D eigenvalue weighted by atomic mass is 35.5. The standard InChI is InChI=1S/C15H22N2O.ClH/c1-10-4-6-12(3)17(9-10)15(18)14-8-13(16)7-5-11(14)2;/h5,7-8,10,12H,4,6,9,16H2,1-3H3;1H. The van der Waals surface area contributed by atoms with Crippen LogP contribution in [-0.4, -0.2) is 23.4 Å². The molecule has 1 amide bonds. The van der Waals surface area contributed by atoms with Crippen molar-refractivity contribution in [1.29, 1.82) is 0 Å². The average molecular weight is 283 g/mol. The van der Waals surface area contributed by atoms with Gasteiger partial charge in [-0.15, -0.1) is 12.4 Å². The third kappa shape index (κ3) is 3.41. The molecule has 106 valence electrons. The number of nitrogens with two attached hydrogens (primary N) is 1. The molecule has 0 aromatic heterocycles. The van der Waals surface area contributed by atoms with E-state index in [0.717, 1.165) is 24.1 Å². The number of carbonyl (C=O) groups is 1. The second kappa shape index (κ2) is 6.29. The van der Waals surface area contributed by atoms with Gasteiger partial charge in [-0.2, -0.15) is 0 Å². The summed E-state index contributed by atoms with van der Waals surface area (Å²) in [7, 11) is 0. The van der Waals surface area contributed by atoms with Crippen molar-refractivity contribution in [3.05, 3.63) is 29.3 Å². The third-order valence-electron chi connectivity index (χ3n) is 3.87. The van der Waals surface area contributed by atoms with Gasteiger partial charge in [0.25, 0.3) is 5.91 Å². The molecule has 2 unspecified atom stereocenters. The minimum Gasteiger partial charge on any atom is -0.399 e. The fraction of sp³-hybridized carbons (Fsp3) is 0.533. The van der Waals surface area contributed by atoms with Crippen molar-refractivity contribution >= 4 is 24.0 Å². The molecule has 1 aromatic rings. The zero-order chi connectivity index (χ0) is 13.3. The molecule has 1 fully saturated rings. The number of halogens is 1. The second-order valence-electron chi connectivity index (χ2n) is 5.56. The van der Waals surface area contributed by atoms with E-state index >= 15 is 0 Å². The molecule has 3 nitrogen and oxygen atoms in total. The summed E-state index contributed by atoms with van der Waals surface area (Å²) in [6.45, 7) is 7.16. The molecule has 0 bridgehead atoms. The molecule has 0 radical (unpaired) electrons. The number of likely N-dealkylation sites (tertiary alicyclic amines) is 1. The first-order valence-corrected chi connectivity index (χ1v) is 6.66. The van der Waals surface area contributed by atoms with Crippen LogP contribution in [0.4, 0.5) is 5.69 Å². The Morgan fingerprint density at radius 1 is 1.32 bits per heavy atom. The molecule has 19 heavy (non-hydrogen) atoms. The maximum atomic E-state index is 12.6. The Morgan fingerprint density at radius 3 is 2.68 bits per heavy atom. The summed E-state index contributed by atoms with van der Waals surface area (Å²) < 4.78 is 0. The minimum atomic E-state index is 0. The number of piperidine rings is 1. The van der Waals surface area contributed by atoms with Gasteiger partial charge >= 0.3 is 0 Å². The number of amides is 1. The van der Waals surface area contributed by atoms with Crippen LogP contribution in [0, 0.1) is 12.8 Å². The first kappa shape index (κ1) is 15.8. The summed E-state index contributed by atoms with van der Waals surface area (Å²) in [5.41, 5.74) is 8.19. The Bertz CT molecular complexity index is 461. The highest BCUT2D eigenvalue weighted by Gasteiger charge is 2.28. The van der Waals surface area contributed by atoms with Gasteiger partial charge in [-0.25, -0.2) is 0 Å². The number of nitrogens with zero attached hydrogens (tertiary/aromatic N) is 1. The lowest BCUT2D eigenvalue weighted by Crippen LogP contribution is -2.45. The van der Waals surface area contributed by atoms with Gasteiger partial charge in [-0.1, -0.05) is 13.0 Å². The topological polar surface area (TPSA) is 46.3 Å². The van der Waals surface area contributed by atoms with E-state index < -0.39 is 0 Å². The minimum absolute atomic E-state index is 0. The van der Waals surface area contributed by atoms with Crippen LogP contribution in [0.1, 0.15) is 42.6 Å². The number of hydrogen-bond donors (Lipinski definition) is 1. The molecule has 0 aliphatic carbocycles. The number of anilines is 1. The highest BCUT2D eigenvalue weighted by Crippen LogP contribution is 2.24. The lowest BCUT2D eigenvalue weighted by atomic mass is 9.94. The number of benzene rings is 1. The SMILES string of the molecule is Cc1ccc(N)cc1C(=O)N1CC(C)CCC1C.Cl. The number of hydrogen-bond acceptors (Lipinski definition) is 2. The van der Waals surface area contributed by atoms with E-state index in [2.05, 4.69) is 13.8 Å². The van der Waals surface area contributed by atoms with E-state index in [4.69, 9.17) is 5.73 Å². The molecule has 0 spiro atoms. The van der Waals surface area contributed by atoms with E-state index in [1.807, 2.05) is 24.0 Å². The molecule has 4 heteroatoms. The summed E-state index contributed by atoms with van der Waals surface area (Å²) in [5, 5.41) is 0. The van der Waals surface area contributed by atoms with E-state index in [-0.39, 0.29) is 18.3 Å². The van der Waals surface area contributed by atoms with E-state index in [0.29, 0.717) is 17.6 Å². The lowest BCUT2D eigenvalue weighted by Gasteiger charge is -2.37. The van der Waals surface area contributed by atoms with E-state index in [1.165, 1.54) is 6.42 Å². The van der Waals surface area contributed by atoms with Crippen LogP contribution in [0.15, 0.2) is 18.2 Å². The van der Waals surface area contributed by atoms with Crippen LogP contribution in [0.3, 0.4) is 0 Å². The fourth-order valence-electron chi connectivity index (χ4n) is 2.60. The van der Waals surface area contributed by atoms with Gasteiger partial charge < -0.3 is 10.6 Å². The number of nitrogen functional groups attached to an aromatic ring is 1. The summed E-state index contributed by atoms with van der Waals surface area (Å²) in [5.74, 6) is 0.713. The second-order valence-corrected chi connectivity index (χ2v) is 5.56. The van der Waals surface area contributed by atoms with Crippen LogP contribution in [0.2, 0.25) is 0 Å². The normalized spacial score (nSPS) is 22.8. The zero-order valence-electron chi connectivity index (χ0n) is 11.8. The van der Waals surface area contributed by atoms with Crippen molar-refractivity contribution in [2.45, 2.75) is 39.7 Å². The van der Waals surface area contributed by atoms with Crippen LogP contribution in [0.25, 0.3) is 0 Å². The van der Waals surface area contributed by atoms with Crippen molar-refractivity contribution in [3.8, 4) is 0 Å². The molecular formula is C15H23ClN2O. The molecule has 2 atom stereocenters. The molecule has 1 saturated heterocycles. The first-order valence-electron chi connectivity index (χ1n) is 6.66. The fourth-order valence-corrected chi connectivity index (χ4v) is 2.60. The number of rotatable bonds is 1. The summed E-state index contributed by atoms with van der Waals surface area (Å²) in [4.78, 5) is 14.6. The van der Waals surface area contributed by atoms with Crippen LogP contribution in [0.5, 0.6) is 0 Å². The number of aryl methyl sites for hydroxylation is 1. The van der Waals surface area contributed by atoms with Gasteiger partial charge in [-0.05, 0) is 50.3 Å². The molecule has 0 saturated carbocycles. The van der Waals surface area contributed by atoms with Crippen molar-refractivity contribution in [3.63, 3.8) is 0 Å². The monoisotopic (exact) mass is 282 g/mol. The molecule has 2 rings (SSSR count). The molecule has 1 aromatic carbocycles. The molecule has 2 N–H and O–H groups in total. The molecular weight excluding hydrogens is 260 g/mol. The largest absolute Gasteiger partial charge is 0.399 e. The van der Waals surface area contributed by atoms with Crippen molar-refractivity contribution in [2.75, 3.05) is 12.3 Å². The van der Waals surface area contributed by atoms with Crippen molar-refractivity contribution in [1.82, 2.24) is 4.90 Å². The molecule has 1 aliphatic rings. The van der Waals surface area contributed by atoms with Gasteiger partial charge in [0.15, 0.2) is 0 Å². The van der Waals surface area contributed by atoms with Crippen molar-refractivity contribution in [2.24, 2.45) is 5.92 Å². The molecule has 1 aliphatic heterocycles. The van der Waals surface area contributed by atoms with Crippen LogP contribution >= 0.6 is 12.4 Å². The zero-order valence-corrected chi connectivity index (χ0v) is 12.7. The van der Waals surface area contributed by atoms with Gasteiger partial charge in [-0.3, -0.25) is 4.79 Å². The van der Waals surface area contributed by atoms with Gasteiger partial charge in [0, 0.05) is 23.8 Å². The Kier molecular flexibility index (Phi) is 5.24. The third-order valence-corrected chi connectivity index (χ3v) is 3.87. The van der Waals surface area contributed by atoms with Crippen LogP contribution < -0.4 is 5.73 Å². The summed E-state index contributed by atoms with van der Waals surface area (Å²) >= 11 is 0. The Morgan fingerprint density at radius 2 is 2.00 bits per heavy atom. The Balaban J connectivity index is 0.00000180. The van der Waals surface area contributed by atoms with Gasteiger partial charge in [0.05, 0.1) is 0 Å². The maximum absolute atomic E-state index is 12.6. The highest BCUT2D eigenvalue weighted by molar-refractivity contribution is 5.96. The average Bonchev–Trinajstić information content (AvgIpc) is 2.34. The lowest BCUT2D eigenvalue weighted by molar-refractivity contribution is 0.0573. The smallest absolute Gasteiger partial charge is 0.254 e. The maximum Gasteiger partial charge on any atom is 0.254 e. The predicted molar refractivity (Wildman–Crippen MR) is 81.7 cm³/mol. The molecule has 1 heterocycles. The van der Waals surface area contributed by atoms with E-state index in [1.54, 1.807) is 6.07 Å². The Hall–Kier alpha value is -1.22. The quantitative estimate of drug-likeness (QED) is 0.804. The summed E-state index contributed by atoms with van der Waals surface area (Å²) in [6.07, 6.45) is 2.30. The van der Waals surface area contributed by atoms with Gasteiger partial charge in [0.2, 0.25) is 0 Å². The first-order chi connectivity index (χ1) is 8.49. The van der Waals surface area contributed by atoms with Crippen LogP contribution in [-0.2, 0) is 0 Å². The van der Waals surface area contributed by atoms with Crippen molar-refractivity contribution < 1.29 is 4.79 Å². The summed E-state index contributed by atoms with van der Waals surface area (Å²) in [6, 6.07) is 5.88. The van der Waals surface area contributed by atoms with Gasteiger partial charge in [0.1, 0.15) is 0 Å².